The van der Waals surface area contributed by atoms with Gasteiger partial charge in [-0.1, -0.05) is 23.5 Å². The Bertz CT molecular complexity index is 807. The minimum absolute atomic E-state index is 0.104. The van der Waals surface area contributed by atoms with Crippen molar-refractivity contribution < 1.29 is 4.79 Å². The smallest absolute Gasteiger partial charge is 0.261 e. The number of nitrogens with zero attached hydrogens (tertiary/aromatic N) is 4. The van der Waals surface area contributed by atoms with Gasteiger partial charge in [-0.2, -0.15) is 0 Å². The lowest BCUT2D eigenvalue weighted by atomic mass is 10.2. The Balaban J connectivity index is 1.82. The fourth-order valence-electron chi connectivity index (χ4n) is 2.53. The molecule has 124 valence electrons. The summed E-state index contributed by atoms with van der Waals surface area (Å²) in [6.45, 7) is 5.96. The summed E-state index contributed by atoms with van der Waals surface area (Å²) < 4.78 is 1.07. The Morgan fingerprint density at radius 2 is 1.88 bits per heavy atom. The third-order valence-electron chi connectivity index (χ3n) is 3.96. The standard InChI is InChI=1S/C18H20N4OS/c1-4-22(5-2)16-11-10-13(12-19-16)17(23)21(3)18-20-14-8-6-7-9-15(14)24-18/h6-12H,4-5H2,1-3H3. The maximum atomic E-state index is 12.7. The molecule has 0 saturated heterocycles. The number of pyridine rings is 1. The van der Waals surface area contributed by atoms with Gasteiger partial charge >= 0.3 is 0 Å². The van der Waals surface area contributed by atoms with Gasteiger partial charge in [0, 0.05) is 26.3 Å². The average Bonchev–Trinajstić information content (AvgIpc) is 3.06. The fraction of sp³-hybridized carbons (Fsp3) is 0.278. The zero-order valence-corrected chi connectivity index (χ0v) is 14.9. The number of thiazole rings is 1. The molecule has 2 heterocycles. The number of fused-ring (bicyclic) bond motifs is 1. The molecule has 24 heavy (non-hydrogen) atoms. The van der Waals surface area contributed by atoms with Gasteiger partial charge in [-0.05, 0) is 38.1 Å². The number of carbonyl (C=O) groups is 1. The largest absolute Gasteiger partial charge is 0.357 e. The van der Waals surface area contributed by atoms with Crippen LogP contribution in [0.2, 0.25) is 0 Å². The second-order valence-corrected chi connectivity index (χ2v) is 6.41. The van der Waals surface area contributed by atoms with Crippen LogP contribution in [0.15, 0.2) is 42.6 Å². The molecule has 0 unspecified atom stereocenters. The predicted molar refractivity (Wildman–Crippen MR) is 100 cm³/mol. The molecule has 0 spiro atoms. The molecule has 2 aromatic heterocycles. The summed E-state index contributed by atoms with van der Waals surface area (Å²) in [5.41, 5.74) is 1.47. The molecular formula is C18H20N4OS. The zero-order chi connectivity index (χ0) is 17.1. The van der Waals surface area contributed by atoms with Gasteiger partial charge in [0.2, 0.25) is 0 Å². The predicted octanol–water partition coefficient (Wildman–Crippen LogP) is 3.81. The van der Waals surface area contributed by atoms with E-state index in [4.69, 9.17) is 0 Å². The molecule has 0 bridgehead atoms. The van der Waals surface area contributed by atoms with E-state index in [1.54, 1.807) is 18.1 Å². The van der Waals surface area contributed by atoms with Crippen LogP contribution in [-0.4, -0.2) is 36.0 Å². The van der Waals surface area contributed by atoms with E-state index in [0.717, 1.165) is 29.1 Å². The molecule has 0 aliphatic heterocycles. The van der Waals surface area contributed by atoms with Gasteiger partial charge in [-0.15, -0.1) is 0 Å². The highest BCUT2D eigenvalue weighted by Crippen LogP contribution is 2.28. The maximum Gasteiger partial charge on any atom is 0.261 e. The monoisotopic (exact) mass is 340 g/mol. The molecule has 6 heteroatoms. The van der Waals surface area contributed by atoms with Gasteiger partial charge in [-0.25, -0.2) is 9.97 Å². The Morgan fingerprint density at radius 1 is 1.12 bits per heavy atom. The summed E-state index contributed by atoms with van der Waals surface area (Å²) in [5, 5.41) is 0.689. The van der Waals surface area contributed by atoms with Crippen LogP contribution in [-0.2, 0) is 0 Å². The Kier molecular flexibility index (Phi) is 4.76. The topological polar surface area (TPSA) is 49.3 Å². The van der Waals surface area contributed by atoms with Gasteiger partial charge in [0.25, 0.3) is 5.91 Å². The van der Waals surface area contributed by atoms with E-state index in [0.29, 0.717) is 10.7 Å². The highest BCUT2D eigenvalue weighted by Gasteiger charge is 2.17. The van der Waals surface area contributed by atoms with Crippen LogP contribution in [0.4, 0.5) is 10.9 Å². The third kappa shape index (κ3) is 3.10. The first kappa shape index (κ1) is 16.4. The van der Waals surface area contributed by atoms with Gasteiger partial charge < -0.3 is 4.90 Å². The molecule has 1 amide bonds. The number of amides is 1. The van der Waals surface area contributed by atoms with Crippen molar-refractivity contribution in [1.29, 1.82) is 0 Å². The summed E-state index contributed by atoms with van der Waals surface area (Å²) in [4.78, 5) is 25.4. The number of anilines is 2. The van der Waals surface area contributed by atoms with Gasteiger partial charge in [0.05, 0.1) is 15.8 Å². The van der Waals surface area contributed by atoms with Gasteiger partial charge in [-0.3, -0.25) is 9.69 Å². The second-order valence-electron chi connectivity index (χ2n) is 5.41. The van der Waals surface area contributed by atoms with Crippen molar-refractivity contribution in [3.63, 3.8) is 0 Å². The average molecular weight is 340 g/mol. The SMILES string of the molecule is CCN(CC)c1ccc(C(=O)N(C)c2nc3ccccc3s2)cn1. The minimum Gasteiger partial charge on any atom is -0.357 e. The zero-order valence-electron chi connectivity index (χ0n) is 14.1. The van der Waals surface area contributed by atoms with Crippen molar-refractivity contribution in [2.75, 3.05) is 29.9 Å². The summed E-state index contributed by atoms with van der Waals surface area (Å²) in [7, 11) is 1.75. The Morgan fingerprint density at radius 3 is 2.50 bits per heavy atom. The second kappa shape index (κ2) is 6.97. The minimum atomic E-state index is -0.104. The molecule has 0 N–H and O–H groups in total. The van der Waals surface area contributed by atoms with Crippen molar-refractivity contribution in [2.24, 2.45) is 0 Å². The van der Waals surface area contributed by atoms with Crippen LogP contribution < -0.4 is 9.80 Å². The number of para-hydroxylation sites is 1. The van der Waals surface area contributed by atoms with E-state index in [1.165, 1.54) is 11.3 Å². The van der Waals surface area contributed by atoms with E-state index in [1.807, 2.05) is 36.4 Å². The van der Waals surface area contributed by atoms with E-state index in [2.05, 4.69) is 28.7 Å². The van der Waals surface area contributed by atoms with Crippen LogP contribution >= 0.6 is 11.3 Å². The lowest BCUT2D eigenvalue weighted by Crippen LogP contribution is -2.27. The van der Waals surface area contributed by atoms with Crippen molar-refractivity contribution in [1.82, 2.24) is 9.97 Å². The van der Waals surface area contributed by atoms with E-state index in [-0.39, 0.29) is 5.91 Å². The molecule has 0 fully saturated rings. The molecule has 0 saturated carbocycles. The Hall–Kier alpha value is -2.47. The van der Waals surface area contributed by atoms with E-state index < -0.39 is 0 Å². The number of hydrogen-bond donors (Lipinski definition) is 0. The number of benzene rings is 1. The summed E-state index contributed by atoms with van der Waals surface area (Å²) in [6.07, 6.45) is 1.64. The molecule has 0 radical (unpaired) electrons. The quantitative estimate of drug-likeness (QED) is 0.708. The number of aromatic nitrogens is 2. The first-order valence-corrected chi connectivity index (χ1v) is 8.80. The van der Waals surface area contributed by atoms with Crippen molar-refractivity contribution >= 4 is 38.4 Å². The lowest BCUT2D eigenvalue weighted by molar-refractivity contribution is 0.0992. The first-order chi connectivity index (χ1) is 11.6. The molecule has 0 aliphatic rings. The Labute approximate surface area is 145 Å². The summed E-state index contributed by atoms with van der Waals surface area (Å²) >= 11 is 1.51. The molecule has 0 aliphatic carbocycles. The van der Waals surface area contributed by atoms with E-state index >= 15 is 0 Å². The van der Waals surface area contributed by atoms with Crippen LogP contribution in [0.5, 0.6) is 0 Å². The van der Waals surface area contributed by atoms with Crippen LogP contribution in [0.3, 0.4) is 0 Å². The van der Waals surface area contributed by atoms with Crippen molar-refractivity contribution in [3.05, 3.63) is 48.2 Å². The summed E-state index contributed by atoms with van der Waals surface area (Å²) in [6, 6.07) is 11.6. The number of rotatable bonds is 5. The molecule has 5 nitrogen and oxygen atoms in total. The highest BCUT2D eigenvalue weighted by atomic mass is 32.1. The van der Waals surface area contributed by atoms with Gasteiger partial charge in [0.1, 0.15) is 5.82 Å². The maximum absolute atomic E-state index is 12.7. The van der Waals surface area contributed by atoms with Crippen molar-refractivity contribution in [2.45, 2.75) is 13.8 Å². The molecular weight excluding hydrogens is 320 g/mol. The van der Waals surface area contributed by atoms with Crippen LogP contribution in [0, 0.1) is 0 Å². The van der Waals surface area contributed by atoms with Crippen molar-refractivity contribution in [3.8, 4) is 0 Å². The fourth-order valence-corrected chi connectivity index (χ4v) is 3.46. The number of hydrogen-bond acceptors (Lipinski definition) is 5. The highest BCUT2D eigenvalue weighted by molar-refractivity contribution is 7.22. The van der Waals surface area contributed by atoms with Crippen LogP contribution in [0.1, 0.15) is 24.2 Å². The molecule has 3 rings (SSSR count). The normalized spacial score (nSPS) is 10.8. The van der Waals surface area contributed by atoms with Crippen LogP contribution in [0.25, 0.3) is 10.2 Å². The number of carbonyl (C=O) groups excluding carboxylic acids is 1. The molecule has 3 aromatic rings. The molecule has 1 aromatic carbocycles. The lowest BCUT2D eigenvalue weighted by Gasteiger charge is -2.20. The third-order valence-corrected chi connectivity index (χ3v) is 5.07. The van der Waals surface area contributed by atoms with E-state index in [9.17, 15) is 4.79 Å². The molecule has 0 atom stereocenters. The first-order valence-electron chi connectivity index (χ1n) is 7.98. The van der Waals surface area contributed by atoms with Gasteiger partial charge in [0.15, 0.2) is 5.13 Å². The summed E-state index contributed by atoms with van der Waals surface area (Å²) in [5.74, 6) is 0.784.